The molecule has 0 unspecified atom stereocenters. The van der Waals surface area contributed by atoms with Gasteiger partial charge in [0.1, 0.15) is 11.6 Å². The summed E-state index contributed by atoms with van der Waals surface area (Å²) >= 11 is 0. The normalized spacial score (nSPS) is 18.9. The lowest BCUT2D eigenvalue weighted by Gasteiger charge is -2.18. The molecule has 158 valence electrons. The predicted molar refractivity (Wildman–Crippen MR) is 103 cm³/mol. The lowest BCUT2D eigenvalue weighted by molar-refractivity contribution is -0.137. The van der Waals surface area contributed by atoms with Crippen LogP contribution in [0.1, 0.15) is 35.2 Å². The summed E-state index contributed by atoms with van der Waals surface area (Å²) in [5, 5.41) is 5.63. The van der Waals surface area contributed by atoms with E-state index in [1.165, 1.54) is 18.3 Å². The molecule has 0 spiro atoms. The lowest BCUT2D eigenvalue weighted by atomic mass is 10.2. The Balaban J connectivity index is 1.34. The summed E-state index contributed by atoms with van der Waals surface area (Å²) in [6.07, 6.45) is 0.246. The van der Waals surface area contributed by atoms with Crippen molar-refractivity contribution in [2.75, 3.05) is 23.3 Å². The highest BCUT2D eigenvalue weighted by atomic mass is 19.4. The van der Waals surface area contributed by atoms with Gasteiger partial charge in [-0.05, 0) is 43.5 Å². The number of pyridine rings is 2. The molecule has 0 bridgehead atoms. The molecule has 2 aromatic rings. The summed E-state index contributed by atoms with van der Waals surface area (Å²) in [5.41, 5.74) is -0.417. The summed E-state index contributed by atoms with van der Waals surface area (Å²) in [6.45, 7) is 1.02. The molecule has 2 aromatic heterocycles. The standard InChI is InChI=1S/C20H20F3N5O2/c21-20(22,23)14-3-4-17(25-10-14)28-8-6-15(11-28)26-19(30)13-5-7-24-16(9-13)27-18(29)12-1-2-12/h3-5,7,9-10,12,15H,1-2,6,8,11H2,(H,26,30)(H,24,27,29)/t15-/m1/s1. The first kappa shape index (κ1) is 20.1. The van der Waals surface area contributed by atoms with Crippen LogP contribution in [-0.2, 0) is 11.0 Å². The van der Waals surface area contributed by atoms with Crippen molar-refractivity contribution in [3.8, 4) is 0 Å². The molecule has 2 aliphatic rings. The Morgan fingerprint density at radius 1 is 1.10 bits per heavy atom. The second-order valence-electron chi connectivity index (χ2n) is 7.50. The van der Waals surface area contributed by atoms with E-state index in [2.05, 4.69) is 20.6 Å². The van der Waals surface area contributed by atoms with Gasteiger partial charge in [0.05, 0.1) is 5.56 Å². The Morgan fingerprint density at radius 2 is 1.90 bits per heavy atom. The van der Waals surface area contributed by atoms with E-state index in [9.17, 15) is 22.8 Å². The van der Waals surface area contributed by atoms with Crippen LogP contribution in [0.2, 0.25) is 0 Å². The molecule has 10 heteroatoms. The smallest absolute Gasteiger partial charge is 0.354 e. The number of carbonyl (C=O) groups is 2. The first-order chi connectivity index (χ1) is 14.3. The van der Waals surface area contributed by atoms with Crippen molar-refractivity contribution in [1.29, 1.82) is 0 Å². The van der Waals surface area contributed by atoms with E-state index >= 15 is 0 Å². The molecule has 1 atom stereocenters. The molecule has 1 aliphatic heterocycles. The van der Waals surface area contributed by atoms with Crippen LogP contribution in [-0.4, -0.2) is 40.9 Å². The average molecular weight is 419 g/mol. The third kappa shape index (κ3) is 4.69. The van der Waals surface area contributed by atoms with E-state index in [0.717, 1.165) is 25.1 Å². The first-order valence-corrected chi connectivity index (χ1v) is 9.65. The fourth-order valence-corrected chi connectivity index (χ4v) is 3.31. The number of amides is 2. The summed E-state index contributed by atoms with van der Waals surface area (Å²) in [6, 6.07) is 5.26. The van der Waals surface area contributed by atoms with Crippen molar-refractivity contribution < 1.29 is 22.8 Å². The zero-order valence-electron chi connectivity index (χ0n) is 15.9. The van der Waals surface area contributed by atoms with E-state index in [1.807, 2.05) is 4.90 Å². The highest BCUT2D eigenvalue weighted by Crippen LogP contribution is 2.30. The lowest BCUT2D eigenvalue weighted by Crippen LogP contribution is -2.37. The number of aromatic nitrogens is 2. The number of halogens is 3. The van der Waals surface area contributed by atoms with Gasteiger partial charge >= 0.3 is 6.18 Å². The molecule has 1 saturated heterocycles. The Bertz CT molecular complexity index is 944. The maximum atomic E-state index is 12.7. The van der Waals surface area contributed by atoms with Crippen LogP contribution in [0.5, 0.6) is 0 Å². The van der Waals surface area contributed by atoms with Crippen LogP contribution < -0.4 is 15.5 Å². The summed E-state index contributed by atoms with van der Waals surface area (Å²) in [7, 11) is 0. The van der Waals surface area contributed by atoms with E-state index in [-0.39, 0.29) is 23.8 Å². The number of alkyl halides is 3. The molecule has 1 saturated carbocycles. The van der Waals surface area contributed by atoms with E-state index in [4.69, 9.17) is 0 Å². The molecule has 2 fully saturated rings. The molecule has 2 N–H and O–H groups in total. The Morgan fingerprint density at radius 3 is 2.57 bits per heavy atom. The summed E-state index contributed by atoms with van der Waals surface area (Å²) in [5.74, 6) is 0.421. The van der Waals surface area contributed by atoms with Crippen LogP contribution in [0.3, 0.4) is 0 Å². The quantitative estimate of drug-likeness (QED) is 0.778. The predicted octanol–water partition coefficient (Wildman–Crippen LogP) is 2.85. The molecular weight excluding hydrogens is 399 g/mol. The fraction of sp³-hybridized carbons (Fsp3) is 0.400. The molecule has 2 amide bonds. The fourth-order valence-electron chi connectivity index (χ4n) is 3.31. The van der Waals surface area contributed by atoms with Gasteiger partial charge < -0.3 is 15.5 Å². The van der Waals surface area contributed by atoms with Crippen molar-refractivity contribution in [2.45, 2.75) is 31.5 Å². The van der Waals surface area contributed by atoms with Gasteiger partial charge in [-0.3, -0.25) is 9.59 Å². The Hall–Kier alpha value is -3.17. The van der Waals surface area contributed by atoms with Gasteiger partial charge in [0.2, 0.25) is 5.91 Å². The molecular formula is C20H20F3N5O2. The van der Waals surface area contributed by atoms with Crippen LogP contribution in [0.4, 0.5) is 24.8 Å². The van der Waals surface area contributed by atoms with Gasteiger partial charge in [0.25, 0.3) is 5.91 Å². The maximum Gasteiger partial charge on any atom is 0.417 e. The maximum absolute atomic E-state index is 12.7. The minimum Gasteiger partial charge on any atom is -0.354 e. The van der Waals surface area contributed by atoms with Crippen molar-refractivity contribution in [1.82, 2.24) is 15.3 Å². The first-order valence-electron chi connectivity index (χ1n) is 9.65. The molecule has 1 aliphatic carbocycles. The number of nitrogens with zero attached hydrogens (tertiary/aromatic N) is 3. The molecule has 0 aromatic carbocycles. The van der Waals surface area contributed by atoms with Crippen molar-refractivity contribution >= 4 is 23.5 Å². The van der Waals surface area contributed by atoms with E-state index < -0.39 is 11.7 Å². The van der Waals surface area contributed by atoms with E-state index in [1.54, 1.807) is 6.07 Å². The molecule has 0 radical (unpaired) electrons. The van der Waals surface area contributed by atoms with Crippen molar-refractivity contribution in [3.63, 3.8) is 0 Å². The third-order valence-corrected chi connectivity index (χ3v) is 5.14. The van der Waals surface area contributed by atoms with Gasteiger partial charge in [-0.2, -0.15) is 13.2 Å². The van der Waals surface area contributed by atoms with Gasteiger partial charge in [0, 0.05) is 43.0 Å². The molecule has 30 heavy (non-hydrogen) atoms. The van der Waals surface area contributed by atoms with Crippen LogP contribution in [0.25, 0.3) is 0 Å². The van der Waals surface area contributed by atoms with Crippen LogP contribution >= 0.6 is 0 Å². The van der Waals surface area contributed by atoms with Gasteiger partial charge in [-0.1, -0.05) is 0 Å². The van der Waals surface area contributed by atoms with Gasteiger partial charge in [0.15, 0.2) is 0 Å². The SMILES string of the molecule is O=C(N[C@@H]1CCN(c2ccc(C(F)(F)F)cn2)C1)c1ccnc(NC(=O)C2CC2)c1. The summed E-state index contributed by atoms with van der Waals surface area (Å²) < 4.78 is 38.0. The summed E-state index contributed by atoms with van der Waals surface area (Å²) in [4.78, 5) is 34.2. The minimum atomic E-state index is -4.42. The number of nitrogens with one attached hydrogen (secondary N) is 2. The number of rotatable bonds is 5. The topological polar surface area (TPSA) is 87.2 Å². The molecule has 7 nitrogen and oxygen atoms in total. The van der Waals surface area contributed by atoms with Crippen LogP contribution in [0, 0.1) is 5.92 Å². The Kier molecular flexibility index (Phi) is 5.31. The zero-order valence-corrected chi connectivity index (χ0v) is 15.9. The second-order valence-corrected chi connectivity index (χ2v) is 7.50. The highest BCUT2D eigenvalue weighted by molar-refractivity contribution is 5.97. The third-order valence-electron chi connectivity index (χ3n) is 5.14. The minimum absolute atomic E-state index is 0.0348. The van der Waals surface area contributed by atoms with Gasteiger partial charge in [-0.15, -0.1) is 0 Å². The van der Waals surface area contributed by atoms with Gasteiger partial charge in [-0.25, -0.2) is 9.97 Å². The van der Waals surface area contributed by atoms with Crippen molar-refractivity contribution in [2.24, 2.45) is 5.92 Å². The van der Waals surface area contributed by atoms with Crippen molar-refractivity contribution in [3.05, 3.63) is 47.8 Å². The van der Waals surface area contributed by atoms with E-state index in [0.29, 0.717) is 36.7 Å². The highest BCUT2D eigenvalue weighted by Gasteiger charge is 2.32. The molecule has 4 rings (SSSR count). The number of hydrogen-bond donors (Lipinski definition) is 2. The molecule has 3 heterocycles. The zero-order chi connectivity index (χ0) is 21.3. The van der Waals surface area contributed by atoms with Crippen LogP contribution in [0.15, 0.2) is 36.7 Å². The average Bonchev–Trinajstić information content (AvgIpc) is 3.47. The number of carbonyl (C=O) groups excluding carboxylic acids is 2. The second kappa shape index (κ2) is 7.92. The monoisotopic (exact) mass is 419 g/mol. The number of hydrogen-bond acceptors (Lipinski definition) is 5. The largest absolute Gasteiger partial charge is 0.417 e. The number of anilines is 2. The Labute approximate surface area is 170 Å².